The van der Waals surface area contributed by atoms with Gasteiger partial charge in [-0.2, -0.15) is 0 Å². The molecule has 0 bridgehead atoms. The summed E-state index contributed by atoms with van der Waals surface area (Å²) in [5.41, 5.74) is 0. The lowest BCUT2D eigenvalue weighted by atomic mass is 10.0. The number of carbonyl (C=O) groups excluding carboxylic acids is 1. The highest BCUT2D eigenvalue weighted by Gasteiger charge is 2.17. The van der Waals surface area contributed by atoms with Crippen LogP contribution in [0.3, 0.4) is 0 Å². The Morgan fingerprint density at radius 2 is 1.03 bits per heavy atom. The minimum atomic E-state index is -0.889. The highest BCUT2D eigenvalue weighted by molar-refractivity contribution is 5.71. The Bertz CT molecular complexity index is 635. The Balaban J connectivity index is 3.69. The highest BCUT2D eigenvalue weighted by Crippen LogP contribution is 2.16. The van der Waals surface area contributed by atoms with E-state index >= 15 is 0 Å². The molecule has 0 aliphatic carbocycles. The number of unbranched alkanes of at least 4 members (excludes halogenated alkanes) is 16. The van der Waals surface area contributed by atoms with Crippen LogP contribution in [0.25, 0.3) is 0 Å². The van der Waals surface area contributed by atoms with Crippen LogP contribution in [0.15, 0.2) is 36.5 Å². The van der Waals surface area contributed by atoms with E-state index in [1.807, 2.05) is 0 Å². The van der Waals surface area contributed by atoms with Crippen molar-refractivity contribution in [2.75, 3.05) is 0 Å². The van der Waals surface area contributed by atoms with Gasteiger partial charge in [-0.05, 0) is 57.8 Å². The van der Waals surface area contributed by atoms with E-state index < -0.39 is 12.1 Å². The van der Waals surface area contributed by atoms with Crippen molar-refractivity contribution in [1.82, 2.24) is 0 Å². The predicted octanol–water partition coefficient (Wildman–Crippen LogP) is 11.1. The number of carboxylic acid groups (broad SMARTS) is 1. The lowest BCUT2D eigenvalue weighted by molar-refractivity contribution is -0.153. The summed E-state index contributed by atoms with van der Waals surface area (Å²) >= 11 is 0. The fourth-order valence-corrected chi connectivity index (χ4v) is 4.68. The van der Waals surface area contributed by atoms with Crippen molar-refractivity contribution in [2.45, 2.75) is 174 Å². The molecule has 0 aliphatic rings. The maximum atomic E-state index is 12.2. The van der Waals surface area contributed by atoms with Crippen molar-refractivity contribution in [3.8, 4) is 0 Å². The minimum absolute atomic E-state index is 0.0799. The monoisotopic (exact) mass is 546 g/mol. The number of rotatable bonds is 29. The number of hydrogen-bond acceptors (Lipinski definition) is 3. The lowest BCUT2D eigenvalue weighted by Gasteiger charge is -2.16. The number of esters is 1. The van der Waals surface area contributed by atoms with Crippen LogP contribution < -0.4 is 0 Å². The summed E-state index contributed by atoms with van der Waals surface area (Å²) in [6.45, 7) is 4.46. The van der Waals surface area contributed by atoms with Gasteiger partial charge in [-0.1, -0.05) is 134 Å². The van der Waals surface area contributed by atoms with Gasteiger partial charge in [0.1, 0.15) is 6.10 Å². The molecule has 0 aromatic carbocycles. The molecule has 4 heteroatoms. The van der Waals surface area contributed by atoms with Gasteiger partial charge in [0.2, 0.25) is 0 Å². The van der Waals surface area contributed by atoms with Crippen molar-refractivity contribution in [3.05, 3.63) is 36.5 Å². The topological polar surface area (TPSA) is 63.6 Å². The Morgan fingerprint density at radius 1 is 0.590 bits per heavy atom. The Kier molecular flexibility index (Phi) is 29.2. The predicted molar refractivity (Wildman–Crippen MR) is 167 cm³/mol. The molecule has 0 rings (SSSR count). The molecule has 0 amide bonds. The van der Waals surface area contributed by atoms with E-state index in [0.29, 0.717) is 12.8 Å². The van der Waals surface area contributed by atoms with Crippen molar-refractivity contribution in [2.24, 2.45) is 0 Å². The number of aliphatic carboxylic acids is 1. The molecule has 1 atom stereocenters. The Hall–Kier alpha value is -1.84. The molecule has 0 aromatic rings. The quantitative estimate of drug-likeness (QED) is 0.0575. The van der Waals surface area contributed by atoms with Crippen LogP contribution in [0.2, 0.25) is 0 Å². The van der Waals surface area contributed by atoms with E-state index in [-0.39, 0.29) is 12.4 Å². The summed E-state index contributed by atoms with van der Waals surface area (Å²) < 4.78 is 5.52. The van der Waals surface area contributed by atoms with Crippen LogP contribution >= 0.6 is 0 Å². The zero-order chi connectivity index (χ0) is 28.7. The number of carboxylic acids is 1. The average Bonchev–Trinajstić information content (AvgIpc) is 2.91. The molecule has 0 heterocycles. The molecule has 226 valence electrons. The minimum Gasteiger partial charge on any atom is -0.481 e. The normalized spacial score (nSPS) is 12.7. The summed E-state index contributed by atoms with van der Waals surface area (Å²) in [6, 6.07) is 0. The van der Waals surface area contributed by atoms with E-state index in [1.54, 1.807) is 0 Å². The first-order valence-corrected chi connectivity index (χ1v) is 16.5. The fraction of sp³-hybridized carbons (Fsp3) is 0.771. The third-order valence-electron chi connectivity index (χ3n) is 7.10. The van der Waals surface area contributed by atoms with E-state index in [2.05, 4.69) is 50.3 Å². The number of hydrogen-bond donors (Lipinski definition) is 1. The number of carbonyl (C=O) groups is 2. The van der Waals surface area contributed by atoms with Gasteiger partial charge in [0.15, 0.2) is 0 Å². The lowest BCUT2D eigenvalue weighted by Crippen LogP contribution is -2.21. The second-order valence-electron chi connectivity index (χ2n) is 11.0. The number of ether oxygens (including phenoxy) is 1. The first-order chi connectivity index (χ1) is 19.1. The van der Waals surface area contributed by atoms with Gasteiger partial charge in [-0.25, -0.2) is 0 Å². The van der Waals surface area contributed by atoms with Crippen LogP contribution in [0.4, 0.5) is 0 Å². The van der Waals surface area contributed by atoms with Gasteiger partial charge in [0, 0.05) is 6.42 Å². The molecule has 39 heavy (non-hydrogen) atoms. The molecule has 0 fully saturated rings. The molecule has 0 aliphatic heterocycles. The molecule has 0 aromatic heterocycles. The van der Waals surface area contributed by atoms with E-state index in [9.17, 15) is 9.59 Å². The molecular formula is C35H62O4. The number of allylic oxidation sites excluding steroid dienone is 6. The van der Waals surface area contributed by atoms with Crippen LogP contribution in [0, 0.1) is 0 Å². The summed E-state index contributed by atoms with van der Waals surface area (Å²) in [5.74, 6) is -1.12. The molecule has 0 saturated carbocycles. The Morgan fingerprint density at radius 3 is 1.59 bits per heavy atom. The fourth-order valence-electron chi connectivity index (χ4n) is 4.68. The van der Waals surface area contributed by atoms with Crippen molar-refractivity contribution >= 4 is 11.9 Å². The standard InChI is InChI=1S/C35H62O4/c1-3-5-7-9-11-13-14-15-16-17-18-19-20-21-22-23-25-27-29-31-35(38)39-33(32-34(36)37)30-28-26-24-12-10-8-6-4-2/h11,13,15-16,18-19,33H,3-10,12,14,17,20-32H2,1-2H3,(H,36,37)/b13-11-,16-15-,19-18-. The first-order valence-electron chi connectivity index (χ1n) is 16.5. The maximum absolute atomic E-state index is 12.2. The first kappa shape index (κ1) is 37.2. The third kappa shape index (κ3) is 30.6. The van der Waals surface area contributed by atoms with Gasteiger partial charge < -0.3 is 9.84 Å². The van der Waals surface area contributed by atoms with Crippen LogP contribution in [-0.4, -0.2) is 23.1 Å². The van der Waals surface area contributed by atoms with E-state index in [1.165, 1.54) is 83.5 Å². The SMILES string of the molecule is CCCCC/C=C\C/C=C\C/C=C\CCCCCCCCC(=O)OC(CCCCCCCCCC)CC(=O)O. The molecule has 1 N–H and O–H groups in total. The zero-order valence-corrected chi connectivity index (χ0v) is 25.7. The van der Waals surface area contributed by atoms with Gasteiger partial charge >= 0.3 is 11.9 Å². The molecule has 0 spiro atoms. The highest BCUT2D eigenvalue weighted by atomic mass is 16.5. The van der Waals surface area contributed by atoms with Gasteiger partial charge in [-0.15, -0.1) is 0 Å². The third-order valence-corrected chi connectivity index (χ3v) is 7.10. The molecule has 4 nitrogen and oxygen atoms in total. The maximum Gasteiger partial charge on any atom is 0.307 e. The van der Waals surface area contributed by atoms with Crippen molar-refractivity contribution < 1.29 is 19.4 Å². The van der Waals surface area contributed by atoms with Crippen molar-refractivity contribution in [1.29, 1.82) is 0 Å². The van der Waals surface area contributed by atoms with Crippen LogP contribution in [0.1, 0.15) is 168 Å². The summed E-state index contributed by atoms with van der Waals surface area (Å²) in [6.07, 6.45) is 38.7. The second kappa shape index (κ2) is 30.7. The zero-order valence-electron chi connectivity index (χ0n) is 25.7. The smallest absolute Gasteiger partial charge is 0.307 e. The second-order valence-corrected chi connectivity index (χ2v) is 11.0. The van der Waals surface area contributed by atoms with Crippen molar-refractivity contribution in [3.63, 3.8) is 0 Å². The van der Waals surface area contributed by atoms with E-state index in [4.69, 9.17) is 9.84 Å². The van der Waals surface area contributed by atoms with Gasteiger partial charge in [0.25, 0.3) is 0 Å². The van der Waals surface area contributed by atoms with Gasteiger partial charge in [-0.3, -0.25) is 9.59 Å². The largest absolute Gasteiger partial charge is 0.481 e. The molecule has 0 saturated heterocycles. The molecule has 0 radical (unpaired) electrons. The van der Waals surface area contributed by atoms with Crippen LogP contribution in [-0.2, 0) is 14.3 Å². The van der Waals surface area contributed by atoms with Gasteiger partial charge in [0.05, 0.1) is 6.42 Å². The summed E-state index contributed by atoms with van der Waals surface area (Å²) in [4.78, 5) is 23.4. The van der Waals surface area contributed by atoms with Crippen LogP contribution in [0.5, 0.6) is 0 Å². The average molecular weight is 547 g/mol. The Labute approximate surface area is 241 Å². The summed E-state index contributed by atoms with van der Waals surface area (Å²) in [7, 11) is 0. The molecule has 1 unspecified atom stereocenters. The summed E-state index contributed by atoms with van der Waals surface area (Å²) in [5, 5.41) is 9.16. The molecular weight excluding hydrogens is 484 g/mol. The van der Waals surface area contributed by atoms with E-state index in [0.717, 1.165) is 51.4 Å².